The predicted octanol–water partition coefficient (Wildman–Crippen LogP) is 1.53. The molecule has 2 amide bonds. The zero-order valence-corrected chi connectivity index (χ0v) is 12.1. The summed E-state index contributed by atoms with van der Waals surface area (Å²) in [6.45, 7) is 5.90. The van der Waals surface area contributed by atoms with Gasteiger partial charge in [-0.25, -0.2) is 0 Å². The van der Waals surface area contributed by atoms with Crippen molar-refractivity contribution in [1.29, 1.82) is 0 Å². The predicted molar refractivity (Wildman–Crippen MR) is 71.0 cm³/mol. The number of alkyl halides is 1. The number of halogens is 1. The first kappa shape index (κ1) is 14.5. The number of hydrogen-bond donors (Lipinski definition) is 1. The van der Waals surface area contributed by atoms with E-state index in [1.807, 2.05) is 11.8 Å². The van der Waals surface area contributed by atoms with E-state index in [2.05, 4.69) is 21.2 Å². The van der Waals surface area contributed by atoms with Crippen LogP contribution >= 0.6 is 15.9 Å². The van der Waals surface area contributed by atoms with E-state index in [4.69, 9.17) is 0 Å². The molecule has 1 atom stereocenters. The highest BCUT2D eigenvalue weighted by molar-refractivity contribution is 9.10. The number of nitrogens with zero attached hydrogens (tertiary/aromatic N) is 1. The van der Waals surface area contributed by atoms with Gasteiger partial charge in [0.2, 0.25) is 11.8 Å². The van der Waals surface area contributed by atoms with Crippen LogP contribution in [-0.4, -0.2) is 41.2 Å². The summed E-state index contributed by atoms with van der Waals surface area (Å²) in [7, 11) is 0. The second-order valence-corrected chi connectivity index (χ2v) is 5.69. The summed E-state index contributed by atoms with van der Waals surface area (Å²) in [5, 5.41) is 2.84. The lowest BCUT2D eigenvalue weighted by Gasteiger charge is -2.33. The van der Waals surface area contributed by atoms with Crippen molar-refractivity contribution >= 4 is 27.7 Å². The van der Waals surface area contributed by atoms with Gasteiger partial charge in [0.15, 0.2) is 0 Å². The summed E-state index contributed by atoms with van der Waals surface area (Å²) in [5.74, 6) is 0.735. The number of piperidine rings is 1. The molecule has 0 radical (unpaired) electrons. The van der Waals surface area contributed by atoms with E-state index >= 15 is 0 Å². The maximum Gasteiger partial charge on any atom is 0.236 e. The molecule has 0 aromatic carbocycles. The van der Waals surface area contributed by atoms with Gasteiger partial charge in [-0.15, -0.1) is 0 Å². The second kappa shape index (κ2) is 6.99. The molecule has 1 N–H and O–H groups in total. The summed E-state index contributed by atoms with van der Waals surface area (Å²) in [6, 6.07) is 0. The molecule has 1 aliphatic rings. The largest absolute Gasteiger partial charge is 0.356 e. The fourth-order valence-electron chi connectivity index (χ4n) is 2.02. The molecule has 0 aromatic heterocycles. The fourth-order valence-corrected chi connectivity index (χ4v) is 2.31. The molecule has 1 unspecified atom stereocenters. The molecule has 1 heterocycles. The maximum atomic E-state index is 11.9. The number of rotatable bonds is 4. The number of hydrogen-bond acceptors (Lipinski definition) is 2. The SMILES string of the molecule is CCC(Br)C(=O)N1CCC(CNC(C)=O)CC1. The quantitative estimate of drug-likeness (QED) is 0.801. The second-order valence-electron chi connectivity index (χ2n) is 4.58. The maximum absolute atomic E-state index is 11.9. The Hall–Kier alpha value is -0.580. The molecule has 5 heteroatoms. The van der Waals surface area contributed by atoms with Crippen LogP contribution in [0.15, 0.2) is 0 Å². The Bertz CT molecular complexity index is 276. The van der Waals surface area contributed by atoms with Crippen LogP contribution in [0.1, 0.15) is 33.1 Å². The molecule has 1 rings (SSSR count). The Balaban J connectivity index is 2.30. The number of amides is 2. The Labute approximate surface area is 111 Å². The highest BCUT2D eigenvalue weighted by Crippen LogP contribution is 2.19. The van der Waals surface area contributed by atoms with Crippen LogP contribution in [0.2, 0.25) is 0 Å². The van der Waals surface area contributed by atoms with Crippen LogP contribution in [0.3, 0.4) is 0 Å². The highest BCUT2D eigenvalue weighted by Gasteiger charge is 2.25. The van der Waals surface area contributed by atoms with Crippen molar-refractivity contribution in [2.75, 3.05) is 19.6 Å². The molecule has 98 valence electrons. The molecular formula is C12H21BrN2O2. The van der Waals surface area contributed by atoms with Gasteiger partial charge in [-0.3, -0.25) is 9.59 Å². The van der Waals surface area contributed by atoms with Crippen LogP contribution in [-0.2, 0) is 9.59 Å². The lowest BCUT2D eigenvalue weighted by atomic mass is 9.96. The summed E-state index contributed by atoms with van der Waals surface area (Å²) >= 11 is 3.39. The number of carbonyl (C=O) groups is 2. The third-order valence-electron chi connectivity index (χ3n) is 3.19. The standard InChI is InChI=1S/C12H21BrN2O2/c1-3-11(13)12(17)15-6-4-10(5-7-15)8-14-9(2)16/h10-11H,3-8H2,1-2H3,(H,14,16). The van der Waals surface area contributed by atoms with Gasteiger partial charge >= 0.3 is 0 Å². The first-order valence-electron chi connectivity index (χ1n) is 6.21. The summed E-state index contributed by atoms with van der Waals surface area (Å²) in [5.41, 5.74) is 0. The Morgan fingerprint density at radius 3 is 2.47 bits per heavy atom. The lowest BCUT2D eigenvalue weighted by Crippen LogP contribution is -2.44. The van der Waals surface area contributed by atoms with E-state index in [9.17, 15) is 9.59 Å². The average molecular weight is 305 g/mol. The number of likely N-dealkylation sites (tertiary alicyclic amines) is 1. The Kier molecular flexibility index (Phi) is 5.95. The lowest BCUT2D eigenvalue weighted by molar-refractivity contribution is -0.132. The summed E-state index contributed by atoms with van der Waals surface area (Å²) in [6.07, 6.45) is 2.79. The molecule has 1 fully saturated rings. The topological polar surface area (TPSA) is 49.4 Å². The zero-order chi connectivity index (χ0) is 12.8. The van der Waals surface area contributed by atoms with Crippen molar-refractivity contribution in [1.82, 2.24) is 10.2 Å². The van der Waals surface area contributed by atoms with Crippen molar-refractivity contribution in [2.24, 2.45) is 5.92 Å². The van der Waals surface area contributed by atoms with Crippen molar-refractivity contribution in [3.63, 3.8) is 0 Å². The van der Waals surface area contributed by atoms with Crippen molar-refractivity contribution < 1.29 is 9.59 Å². The van der Waals surface area contributed by atoms with Gasteiger partial charge in [-0.05, 0) is 25.2 Å². The molecule has 0 saturated carbocycles. The van der Waals surface area contributed by atoms with Crippen molar-refractivity contribution in [3.8, 4) is 0 Å². The molecule has 1 aliphatic heterocycles. The van der Waals surface area contributed by atoms with E-state index in [1.54, 1.807) is 0 Å². The monoisotopic (exact) mass is 304 g/mol. The third-order valence-corrected chi connectivity index (χ3v) is 4.23. The number of nitrogens with one attached hydrogen (secondary N) is 1. The van der Waals surface area contributed by atoms with Gasteiger partial charge in [0.1, 0.15) is 0 Å². The zero-order valence-electron chi connectivity index (χ0n) is 10.5. The third kappa shape index (κ3) is 4.66. The first-order chi connectivity index (χ1) is 8.04. The molecule has 17 heavy (non-hydrogen) atoms. The minimum atomic E-state index is -0.0469. The fraction of sp³-hybridized carbons (Fsp3) is 0.833. The van der Waals surface area contributed by atoms with Crippen LogP contribution in [0.5, 0.6) is 0 Å². The van der Waals surface area contributed by atoms with Gasteiger partial charge in [-0.2, -0.15) is 0 Å². The van der Waals surface area contributed by atoms with Crippen LogP contribution in [0.25, 0.3) is 0 Å². The van der Waals surface area contributed by atoms with E-state index in [0.29, 0.717) is 5.92 Å². The van der Waals surface area contributed by atoms with Gasteiger partial charge < -0.3 is 10.2 Å². The molecule has 0 aliphatic carbocycles. The minimum Gasteiger partial charge on any atom is -0.356 e. The molecular weight excluding hydrogens is 284 g/mol. The Morgan fingerprint density at radius 1 is 1.41 bits per heavy atom. The van der Waals surface area contributed by atoms with Crippen molar-refractivity contribution in [3.05, 3.63) is 0 Å². The molecule has 1 saturated heterocycles. The molecule has 4 nitrogen and oxygen atoms in total. The smallest absolute Gasteiger partial charge is 0.236 e. The van der Waals surface area contributed by atoms with Gasteiger partial charge in [0.05, 0.1) is 4.83 Å². The normalized spacial score (nSPS) is 18.9. The minimum absolute atomic E-state index is 0.0232. The first-order valence-corrected chi connectivity index (χ1v) is 7.13. The van der Waals surface area contributed by atoms with Crippen LogP contribution in [0.4, 0.5) is 0 Å². The van der Waals surface area contributed by atoms with E-state index in [1.165, 1.54) is 6.92 Å². The van der Waals surface area contributed by atoms with Crippen LogP contribution in [0, 0.1) is 5.92 Å². The number of carbonyl (C=O) groups excluding carboxylic acids is 2. The summed E-state index contributed by atoms with van der Waals surface area (Å²) < 4.78 is 0. The van der Waals surface area contributed by atoms with Crippen LogP contribution < -0.4 is 5.32 Å². The van der Waals surface area contributed by atoms with Gasteiger partial charge in [0.25, 0.3) is 0 Å². The van der Waals surface area contributed by atoms with Crippen molar-refractivity contribution in [2.45, 2.75) is 37.9 Å². The van der Waals surface area contributed by atoms with E-state index < -0.39 is 0 Å². The van der Waals surface area contributed by atoms with E-state index in [0.717, 1.165) is 38.9 Å². The summed E-state index contributed by atoms with van der Waals surface area (Å²) in [4.78, 5) is 24.6. The highest BCUT2D eigenvalue weighted by atomic mass is 79.9. The molecule has 0 bridgehead atoms. The van der Waals surface area contributed by atoms with Gasteiger partial charge in [-0.1, -0.05) is 22.9 Å². The Morgan fingerprint density at radius 2 is 2.00 bits per heavy atom. The molecule has 0 aromatic rings. The average Bonchev–Trinajstić information content (AvgIpc) is 2.35. The molecule has 0 spiro atoms. The van der Waals surface area contributed by atoms with Gasteiger partial charge in [0, 0.05) is 26.6 Å². The van der Waals surface area contributed by atoms with E-state index in [-0.39, 0.29) is 16.6 Å².